The van der Waals surface area contributed by atoms with Gasteiger partial charge in [-0.25, -0.2) is 4.57 Å². The molecular weight excluding hydrogens is 464 g/mol. The number of pyridine rings is 2. The number of nitrogens with zero attached hydrogens (tertiary/aromatic N) is 2. The highest BCUT2D eigenvalue weighted by Crippen LogP contribution is 2.10. The molecule has 146 valence electrons. The summed E-state index contributed by atoms with van der Waals surface area (Å²) < 4.78 is 4.67. The zero-order valence-corrected chi connectivity index (χ0v) is 19.1. The van der Waals surface area contributed by atoms with Gasteiger partial charge in [0.25, 0.3) is 0 Å². The number of hydrogen-bond acceptors (Lipinski definition) is 0. The van der Waals surface area contributed by atoms with E-state index in [4.69, 9.17) is 0 Å². The van der Waals surface area contributed by atoms with Gasteiger partial charge in [0.1, 0.15) is 13.1 Å². The van der Waals surface area contributed by atoms with Crippen molar-refractivity contribution in [3.05, 3.63) is 73.2 Å². The quantitative estimate of drug-likeness (QED) is 0.249. The number of rotatable bonds is 10. The van der Waals surface area contributed by atoms with Gasteiger partial charge >= 0.3 is 0 Å². The predicted molar refractivity (Wildman–Crippen MR) is 103 cm³/mol. The number of aromatic nitrogens is 2. The van der Waals surface area contributed by atoms with Crippen molar-refractivity contribution in [3.8, 4) is 0 Å². The average Bonchev–Trinajstić information content (AvgIpc) is 2.67. The second-order valence-corrected chi connectivity index (χ2v) is 6.85. The third-order valence-corrected chi connectivity index (χ3v) is 4.88. The third-order valence-electron chi connectivity index (χ3n) is 4.88. The van der Waals surface area contributed by atoms with Crippen LogP contribution in [0.4, 0.5) is 0 Å². The van der Waals surface area contributed by atoms with Gasteiger partial charge in [0, 0.05) is 42.5 Å². The lowest BCUT2D eigenvalue weighted by Crippen LogP contribution is -3.00. The number of unbranched alkanes of at least 4 members (excludes halogenated alkanes) is 6. The van der Waals surface area contributed by atoms with Crippen molar-refractivity contribution in [2.75, 3.05) is 0 Å². The molecule has 1 aromatic carbocycles. The van der Waals surface area contributed by atoms with E-state index in [9.17, 15) is 0 Å². The lowest BCUT2D eigenvalue weighted by atomic mass is 10.1. The maximum absolute atomic E-state index is 2.40. The van der Waals surface area contributed by atoms with Gasteiger partial charge in [0.05, 0.1) is 0 Å². The van der Waals surface area contributed by atoms with Gasteiger partial charge in [-0.05, 0) is 25.0 Å². The molecule has 0 fully saturated rings. The number of para-hydroxylation sites is 1. The van der Waals surface area contributed by atoms with E-state index in [-0.39, 0.29) is 34.0 Å². The first kappa shape index (κ1) is 23.8. The zero-order valence-electron chi connectivity index (χ0n) is 15.9. The second-order valence-electron chi connectivity index (χ2n) is 6.85. The highest BCUT2D eigenvalue weighted by atomic mass is 79.9. The SMILES string of the molecule is [Br-].[Br-].c1cc[n+](CCCCCCCCC[n+]2cccc3ccccc32)cc1. The van der Waals surface area contributed by atoms with E-state index in [0.29, 0.717) is 0 Å². The molecule has 0 aliphatic heterocycles. The van der Waals surface area contributed by atoms with Crippen LogP contribution in [0.2, 0.25) is 0 Å². The molecule has 2 aromatic heterocycles. The standard InChI is InChI=1S/C23H30N2.2BrH/c1(2-4-9-17-24-18-10-6-11-19-24)3-5-12-20-25-21-13-15-22-14-7-8-16-23(22)25;;/h6-8,10-11,13-16,18-19,21H,1-5,9,12,17,20H2;2*1H/q+2;;/p-2. The first-order chi connectivity index (χ1) is 12.4. The third kappa shape index (κ3) is 8.10. The molecule has 0 saturated carbocycles. The molecule has 0 spiro atoms. The molecule has 0 aliphatic carbocycles. The minimum atomic E-state index is 0. The Kier molecular flexibility index (Phi) is 12.2. The summed E-state index contributed by atoms with van der Waals surface area (Å²) in [5.41, 5.74) is 1.35. The highest BCUT2D eigenvalue weighted by molar-refractivity contribution is 5.74. The Bertz CT molecular complexity index is 757. The molecule has 2 heterocycles. The van der Waals surface area contributed by atoms with Crippen molar-refractivity contribution in [2.24, 2.45) is 0 Å². The van der Waals surface area contributed by atoms with E-state index >= 15 is 0 Å². The monoisotopic (exact) mass is 492 g/mol. The molecule has 0 saturated heterocycles. The number of benzene rings is 1. The van der Waals surface area contributed by atoms with Crippen LogP contribution >= 0.6 is 0 Å². The molecule has 3 aromatic rings. The maximum atomic E-state index is 2.40. The van der Waals surface area contributed by atoms with Crippen LogP contribution < -0.4 is 43.1 Å². The van der Waals surface area contributed by atoms with Crippen LogP contribution in [-0.4, -0.2) is 0 Å². The van der Waals surface area contributed by atoms with Crippen molar-refractivity contribution >= 4 is 10.9 Å². The fourth-order valence-electron chi connectivity index (χ4n) is 3.46. The van der Waals surface area contributed by atoms with Crippen LogP contribution in [0, 0.1) is 0 Å². The minimum Gasteiger partial charge on any atom is -1.00 e. The molecule has 0 radical (unpaired) electrons. The van der Waals surface area contributed by atoms with Gasteiger partial charge in [-0.1, -0.05) is 37.5 Å². The fraction of sp³-hybridized carbons (Fsp3) is 0.391. The predicted octanol–water partition coefficient (Wildman–Crippen LogP) is -1.15. The smallest absolute Gasteiger partial charge is 0.212 e. The van der Waals surface area contributed by atoms with E-state index in [1.54, 1.807) is 0 Å². The van der Waals surface area contributed by atoms with Gasteiger partial charge < -0.3 is 34.0 Å². The lowest BCUT2D eigenvalue weighted by Gasteiger charge is -2.02. The Hall–Kier alpha value is -1.26. The molecule has 0 bridgehead atoms. The molecule has 0 atom stereocenters. The first-order valence-corrected chi connectivity index (χ1v) is 9.75. The van der Waals surface area contributed by atoms with Crippen LogP contribution in [0.15, 0.2) is 73.2 Å². The molecular formula is C23H30Br2N2. The van der Waals surface area contributed by atoms with Crippen molar-refractivity contribution in [3.63, 3.8) is 0 Å². The van der Waals surface area contributed by atoms with E-state index in [2.05, 4.69) is 82.3 Å². The van der Waals surface area contributed by atoms with Crippen LogP contribution in [-0.2, 0) is 13.1 Å². The van der Waals surface area contributed by atoms with Gasteiger partial charge in [-0.3, -0.25) is 0 Å². The van der Waals surface area contributed by atoms with Gasteiger partial charge in [0.2, 0.25) is 5.52 Å². The normalized spacial score (nSPS) is 10.2. The van der Waals surface area contributed by atoms with E-state index in [1.807, 2.05) is 0 Å². The molecule has 4 heteroatoms. The zero-order chi connectivity index (χ0) is 17.2. The summed E-state index contributed by atoms with van der Waals surface area (Å²) in [7, 11) is 0. The number of fused-ring (bicyclic) bond motifs is 1. The summed E-state index contributed by atoms with van der Waals surface area (Å²) in [5.74, 6) is 0. The lowest BCUT2D eigenvalue weighted by molar-refractivity contribution is -0.697. The molecule has 0 aliphatic rings. The Morgan fingerprint density at radius 2 is 1.11 bits per heavy atom. The van der Waals surface area contributed by atoms with Crippen molar-refractivity contribution < 1.29 is 43.1 Å². The van der Waals surface area contributed by atoms with Crippen LogP contribution in [0.3, 0.4) is 0 Å². The van der Waals surface area contributed by atoms with Crippen molar-refractivity contribution in [2.45, 2.75) is 58.0 Å². The first-order valence-electron chi connectivity index (χ1n) is 9.75. The summed E-state index contributed by atoms with van der Waals surface area (Å²) >= 11 is 0. The Balaban J connectivity index is 0.00000182. The summed E-state index contributed by atoms with van der Waals surface area (Å²) in [4.78, 5) is 0. The summed E-state index contributed by atoms with van der Waals surface area (Å²) in [6, 6.07) is 19.3. The Morgan fingerprint density at radius 1 is 0.519 bits per heavy atom. The van der Waals surface area contributed by atoms with E-state index in [1.165, 1.54) is 55.8 Å². The average molecular weight is 494 g/mol. The van der Waals surface area contributed by atoms with E-state index < -0.39 is 0 Å². The van der Waals surface area contributed by atoms with Gasteiger partial charge in [0.15, 0.2) is 18.6 Å². The number of halogens is 2. The van der Waals surface area contributed by atoms with Crippen LogP contribution in [0.5, 0.6) is 0 Å². The Labute approximate surface area is 184 Å². The van der Waals surface area contributed by atoms with Gasteiger partial charge in [-0.2, -0.15) is 4.57 Å². The summed E-state index contributed by atoms with van der Waals surface area (Å²) in [6.45, 7) is 2.28. The topological polar surface area (TPSA) is 7.76 Å². The second kappa shape index (κ2) is 13.8. The Morgan fingerprint density at radius 3 is 1.85 bits per heavy atom. The van der Waals surface area contributed by atoms with E-state index in [0.717, 1.165) is 13.1 Å². The van der Waals surface area contributed by atoms with Gasteiger partial charge in [-0.15, -0.1) is 0 Å². The highest BCUT2D eigenvalue weighted by Gasteiger charge is 2.06. The minimum absolute atomic E-state index is 0. The van der Waals surface area contributed by atoms with Crippen molar-refractivity contribution in [1.29, 1.82) is 0 Å². The molecule has 0 amide bonds. The molecule has 0 N–H and O–H groups in total. The summed E-state index contributed by atoms with van der Waals surface area (Å²) in [6.07, 6.45) is 15.9. The number of aryl methyl sites for hydroxylation is 2. The van der Waals surface area contributed by atoms with Crippen LogP contribution in [0.1, 0.15) is 44.9 Å². The molecule has 3 rings (SSSR count). The fourth-order valence-corrected chi connectivity index (χ4v) is 3.46. The van der Waals surface area contributed by atoms with Crippen molar-refractivity contribution in [1.82, 2.24) is 0 Å². The maximum Gasteiger partial charge on any atom is 0.212 e. The molecule has 0 unspecified atom stereocenters. The number of hydrogen-bond donors (Lipinski definition) is 0. The van der Waals surface area contributed by atoms with Crippen LogP contribution in [0.25, 0.3) is 10.9 Å². The summed E-state index contributed by atoms with van der Waals surface area (Å²) in [5, 5.41) is 1.33. The largest absolute Gasteiger partial charge is 1.00 e. The molecule has 27 heavy (non-hydrogen) atoms. The molecule has 2 nitrogen and oxygen atoms in total.